The second kappa shape index (κ2) is 11.5. The molecular weight excluding hydrogens is 550 g/mol. The van der Waals surface area contributed by atoms with Gasteiger partial charge >= 0.3 is 0 Å². The average molecular weight is 578 g/mol. The molecule has 212 valence electrons. The number of aromatic nitrogens is 3. The van der Waals surface area contributed by atoms with E-state index in [1.165, 1.54) is 5.56 Å². The van der Waals surface area contributed by atoms with Crippen LogP contribution in [0.15, 0.2) is 168 Å². The van der Waals surface area contributed by atoms with E-state index in [0.29, 0.717) is 11.7 Å². The van der Waals surface area contributed by atoms with E-state index in [9.17, 15) is 0 Å². The number of rotatable bonds is 6. The molecule has 0 saturated heterocycles. The summed E-state index contributed by atoms with van der Waals surface area (Å²) < 4.78 is 6.22. The van der Waals surface area contributed by atoms with Gasteiger partial charge in [-0.15, -0.1) is 0 Å². The number of nitrogens with zero attached hydrogens (tertiary/aromatic N) is 3. The predicted molar refractivity (Wildman–Crippen MR) is 182 cm³/mol. The largest absolute Gasteiger partial charge is 0.436 e. The maximum absolute atomic E-state index is 6.22. The highest BCUT2D eigenvalue weighted by atomic mass is 16.3. The summed E-state index contributed by atoms with van der Waals surface area (Å²) in [4.78, 5) is 15.1. The third-order valence-electron chi connectivity index (χ3n) is 7.98. The van der Waals surface area contributed by atoms with Gasteiger partial charge in [-0.2, -0.15) is 0 Å². The first-order chi connectivity index (χ1) is 22.3. The van der Waals surface area contributed by atoms with Gasteiger partial charge in [-0.05, 0) is 41.0 Å². The van der Waals surface area contributed by atoms with Gasteiger partial charge < -0.3 is 4.42 Å². The van der Waals surface area contributed by atoms with E-state index in [4.69, 9.17) is 19.4 Å². The number of hydrogen-bond donors (Lipinski definition) is 0. The third kappa shape index (κ3) is 5.19. The van der Waals surface area contributed by atoms with Crippen molar-refractivity contribution in [3.63, 3.8) is 0 Å². The molecule has 45 heavy (non-hydrogen) atoms. The molecule has 0 bridgehead atoms. The summed E-state index contributed by atoms with van der Waals surface area (Å²) in [6.07, 6.45) is 0. The van der Waals surface area contributed by atoms with Gasteiger partial charge in [0.25, 0.3) is 0 Å². The molecular formula is C41H27N3O. The van der Waals surface area contributed by atoms with E-state index < -0.39 is 0 Å². The van der Waals surface area contributed by atoms with E-state index in [1.807, 2.05) is 66.7 Å². The Morgan fingerprint density at radius 1 is 0.356 bits per heavy atom. The quantitative estimate of drug-likeness (QED) is 0.197. The molecule has 0 amide bonds. The van der Waals surface area contributed by atoms with Gasteiger partial charge in [0.1, 0.15) is 5.52 Å². The molecule has 6 aromatic carbocycles. The van der Waals surface area contributed by atoms with Crippen molar-refractivity contribution in [1.82, 2.24) is 15.0 Å². The van der Waals surface area contributed by atoms with Crippen molar-refractivity contribution in [3.05, 3.63) is 164 Å². The molecule has 0 fully saturated rings. The van der Waals surface area contributed by atoms with E-state index in [0.717, 1.165) is 61.4 Å². The molecule has 4 nitrogen and oxygen atoms in total. The van der Waals surface area contributed by atoms with Crippen molar-refractivity contribution < 1.29 is 4.42 Å². The van der Waals surface area contributed by atoms with Crippen molar-refractivity contribution in [1.29, 1.82) is 0 Å². The van der Waals surface area contributed by atoms with Gasteiger partial charge in [-0.3, -0.25) is 0 Å². The lowest BCUT2D eigenvalue weighted by Crippen LogP contribution is -1.97. The molecule has 0 saturated carbocycles. The van der Waals surface area contributed by atoms with Crippen LogP contribution in [0.1, 0.15) is 0 Å². The maximum atomic E-state index is 6.22. The Kier molecular flexibility index (Phi) is 6.78. The highest BCUT2D eigenvalue weighted by Gasteiger charge is 2.18. The molecule has 0 aliphatic rings. The Morgan fingerprint density at radius 3 is 1.60 bits per heavy atom. The first kappa shape index (κ1) is 26.5. The van der Waals surface area contributed by atoms with Gasteiger partial charge in [0.15, 0.2) is 11.4 Å². The zero-order chi connectivity index (χ0) is 30.0. The summed E-state index contributed by atoms with van der Waals surface area (Å²) in [7, 11) is 0. The first-order valence-corrected chi connectivity index (χ1v) is 15.0. The Balaban J connectivity index is 1.28. The van der Waals surface area contributed by atoms with Crippen molar-refractivity contribution >= 4 is 11.1 Å². The molecule has 0 unspecified atom stereocenters. The molecule has 8 aromatic rings. The van der Waals surface area contributed by atoms with Crippen molar-refractivity contribution in [2.24, 2.45) is 0 Å². The zero-order valence-corrected chi connectivity index (χ0v) is 24.3. The molecule has 0 spiro atoms. The number of fused-ring (bicyclic) bond motifs is 1. The summed E-state index contributed by atoms with van der Waals surface area (Å²) in [5.41, 5.74) is 11.6. The fourth-order valence-electron chi connectivity index (χ4n) is 5.72. The summed E-state index contributed by atoms with van der Waals surface area (Å²) in [5.74, 6) is 1.28. The number of oxazole rings is 1. The summed E-state index contributed by atoms with van der Waals surface area (Å²) >= 11 is 0. The smallest absolute Gasteiger partial charge is 0.227 e. The zero-order valence-electron chi connectivity index (χ0n) is 24.3. The molecule has 8 rings (SSSR count). The molecule has 2 aromatic heterocycles. The third-order valence-corrected chi connectivity index (χ3v) is 7.98. The second-order valence-corrected chi connectivity index (χ2v) is 10.9. The molecule has 0 aliphatic heterocycles. The van der Waals surface area contributed by atoms with Gasteiger partial charge in [-0.25, -0.2) is 15.0 Å². The summed E-state index contributed by atoms with van der Waals surface area (Å²) in [5, 5.41) is 0. The molecule has 2 heterocycles. The first-order valence-electron chi connectivity index (χ1n) is 15.0. The topological polar surface area (TPSA) is 51.8 Å². The number of benzene rings is 6. The van der Waals surface area contributed by atoms with Crippen LogP contribution < -0.4 is 0 Å². The van der Waals surface area contributed by atoms with Crippen LogP contribution >= 0.6 is 0 Å². The highest BCUT2D eigenvalue weighted by Crippen LogP contribution is 2.38. The molecule has 0 N–H and O–H groups in total. The molecule has 0 atom stereocenters. The van der Waals surface area contributed by atoms with Crippen LogP contribution in [0.25, 0.3) is 78.7 Å². The van der Waals surface area contributed by atoms with Gasteiger partial charge in [0.05, 0.1) is 11.4 Å². The van der Waals surface area contributed by atoms with E-state index in [1.54, 1.807) is 0 Å². The van der Waals surface area contributed by atoms with Crippen LogP contribution in [0.5, 0.6) is 0 Å². The minimum atomic E-state index is 0.602. The van der Waals surface area contributed by atoms with Crippen LogP contribution in [-0.2, 0) is 0 Å². The molecule has 0 aliphatic carbocycles. The lowest BCUT2D eigenvalue weighted by atomic mass is 9.95. The van der Waals surface area contributed by atoms with Crippen LogP contribution in [-0.4, -0.2) is 15.0 Å². The predicted octanol–water partition coefficient (Wildman–Crippen LogP) is 10.6. The van der Waals surface area contributed by atoms with E-state index >= 15 is 0 Å². The lowest BCUT2D eigenvalue weighted by Gasteiger charge is -2.13. The van der Waals surface area contributed by atoms with Crippen molar-refractivity contribution in [2.45, 2.75) is 0 Å². The Morgan fingerprint density at radius 2 is 0.889 bits per heavy atom. The Labute approximate surface area is 261 Å². The number of hydrogen-bond acceptors (Lipinski definition) is 4. The Bertz CT molecular complexity index is 2240. The number of para-hydroxylation sites is 1. The molecule has 0 radical (unpaired) electrons. The lowest BCUT2D eigenvalue weighted by molar-refractivity contribution is 0.620. The standard InChI is InChI=1S/C41H27N3O/c1-4-13-28(14-5-1)29-23-25-30(26-24-29)36-27-37(43-40(42-36)31-15-6-2-7-16-31)34-20-11-10-19-33(34)35-21-12-22-38-39(35)44-41(45-38)32-17-8-3-9-18-32/h1-27H. The van der Waals surface area contributed by atoms with E-state index in [-0.39, 0.29) is 0 Å². The fourth-order valence-corrected chi connectivity index (χ4v) is 5.72. The summed E-state index contributed by atoms with van der Waals surface area (Å²) in [6.45, 7) is 0. The molecule has 4 heteroatoms. The minimum absolute atomic E-state index is 0.602. The Hall–Kier alpha value is -6.13. The van der Waals surface area contributed by atoms with Crippen LogP contribution in [0, 0.1) is 0 Å². The monoisotopic (exact) mass is 577 g/mol. The maximum Gasteiger partial charge on any atom is 0.227 e. The normalized spacial score (nSPS) is 11.1. The van der Waals surface area contributed by atoms with Crippen molar-refractivity contribution in [2.75, 3.05) is 0 Å². The highest BCUT2D eigenvalue weighted by molar-refractivity contribution is 5.97. The minimum Gasteiger partial charge on any atom is -0.436 e. The van der Waals surface area contributed by atoms with E-state index in [2.05, 4.69) is 97.1 Å². The SMILES string of the molecule is c1ccc(-c2ccc(-c3cc(-c4ccccc4-c4cccc5oc(-c6ccccc6)nc45)nc(-c4ccccc4)n3)cc2)cc1. The summed E-state index contributed by atoms with van der Waals surface area (Å²) in [6, 6.07) is 55.6. The van der Waals surface area contributed by atoms with Crippen LogP contribution in [0.4, 0.5) is 0 Å². The van der Waals surface area contributed by atoms with Gasteiger partial charge in [0.2, 0.25) is 5.89 Å². The van der Waals surface area contributed by atoms with Crippen LogP contribution in [0.2, 0.25) is 0 Å². The van der Waals surface area contributed by atoms with Crippen LogP contribution in [0.3, 0.4) is 0 Å². The van der Waals surface area contributed by atoms with Crippen molar-refractivity contribution in [3.8, 4) is 67.6 Å². The second-order valence-electron chi connectivity index (χ2n) is 10.9. The average Bonchev–Trinajstić information content (AvgIpc) is 3.58. The van der Waals surface area contributed by atoms with Gasteiger partial charge in [0, 0.05) is 27.8 Å². The fraction of sp³-hybridized carbons (Fsp3) is 0. The van der Waals surface area contributed by atoms with Gasteiger partial charge in [-0.1, -0.05) is 140 Å².